The average Bonchev–Trinajstić information content (AvgIpc) is 3.28. The largest absolute Gasteiger partial charge is 0.390 e. The van der Waals surface area contributed by atoms with Crippen molar-refractivity contribution in [2.24, 2.45) is 5.92 Å². The maximum Gasteiger partial charge on any atom is 0.209 e. The topological polar surface area (TPSA) is 113 Å². The van der Waals surface area contributed by atoms with Crippen molar-refractivity contribution < 1.29 is 19.4 Å². The Bertz CT molecular complexity index is 1180. The van der Waals surface area contributed by atoms with Crippen LogP contribution in [0.2, 0.25) is 0 Å². The molecule has 1 aliphatic carbocycles. The molecule has 2 heterocycles. The zero-order valence-electron chi connectivity index (χ0n) is 16.4. The number of halogens is 1. The number of benzene rings is 1. The van der Waals surface area contributed by atoms with Crippen molar-refractivity contribution in [3.63, 3.8) is 0 Å². The van der Waals surface area contributed by atoms with Gasteiger partial charge >= 0.3 is 0 Å². The molecule has 0 saturated heterocycles. The molecule has 0 amide bonds. The van der Waals surface area contributed by atoms with E-state index in [0.29, 0.717) is 17.0 Å². The van der Waals surface area contributed by atoms with E-state index < -0.39 is 30.0 Å². The molecule has 1 aromatic carbocycles. The van der Waals surface area contributed by atoms with Gasteiger partial charge in [0, 0.05) is 13.0 Å². The predicted molar refractivity (Wildman–Crippen MR) is 107 cm³/mol. The minimum atomic E-state index is -1.16. The molecule has 3 aromatic rings. The maximum atomic E-state index is 13.8. The molecular weight excluding hydrogens is 389 g/mol. The van der Waals surface area contributed by atoms with Gasteiger partial charge in [-0.3, -0.25) is 4.79 Å². The first-order valence-electron chi connectivity index (χ1n) is 9.46. The Balaban J connectivity index is 1.78. The van der Waals surface area contributed by atoms with Crippen molar-refractivity contribution in [2.45, 2.75) is 31.6 Å². The quantitative estimate of drug-likeness (QED) is 0.559. The summed E-state index contributed by atoms with van der Waals surface area (Å²) >= 11 is 0. The lowest BCUT2D eigenvalue weighted by Gasteiger charge is -2.18. The average molecular weight is 409 g/mol. The van der Waals surface area contributed by atoms with Gasteiger partial charge in [0.2, 0.25) is 5.82 Å². The number of anilines is 1. The number of aliphatic hydroxyl groups excluding tert-OH is 2. The number of Topliss-reactive ketones (excluding diaryl/α,β-unsaturated/α-hetero) is 1. The van der Waals surface area contributed by atoms with Crippen LogP contribution in [-0.2, 0) is 4.79 Å². The molecule has 4 atom stereocenters. The second kappa shape index (κ2) is 7.82. The van der Waals surface area contributed by atoms with Crippen molar-refractivity contribution in [2.75, 3.05) is 12.4 Å². The van der Waals surface area contributed by atoms with Gasteiger partial charge in [-0.15, -0.1) is 0 Å². The maximum absolute atomic E-state index is 13.8. The number of nitrogens with zero attached hydrogens (tertiary/aromatic N) is 4. The molecule has 2 aromatic heterocycles. The molecule has 30 heavy (non-hydrogen) atoms. The van der Waals surface area contributed by atoms with E-state index in [-0.39, 0.29) is 23.6 Å². The minimum absolute atomic E-state index is 0.146. The SMILES string of the molecule is CNc1nc(C#Cc2ccccc2F)nc2c1ncn2[C@@H]1C[C@H](C(C)=O)C(O)[C@H]1O. The van der Waals surface area contributed by atoms with Crippen LogP contribution in [0.5, 0.6) is 0 Å². The third-order valence-corrected chi connectivity index (χ3v) is 5.37. The minimum Gasteiger partial charge on any atom is -0.390 e. The summed E-state index contributed by atoms with van der Waals surface area (Å²) in [6.45, 7) is 1.40. The van der Waals surface area contributed by atoms with Crippen molar-refractivity contribution in [1.29, 1.82) is 0 Å². The second-order valence-electron chi connectivity index (χ2n) is 7.20. The Hall–Kier alpha value is -3.35. The van der Waals surface area contributed by atoms with Crippen molar-refractivity contribution in [3.8, 4) is 11.8 Å². The number of fused-ring (bicyclic) bond motifs is 1. The fourth-order valence-electron chi connectivity index (χ4n) is 3.76. The van der Waals surface area contributed by atoms with Crippen LogP contribution in [0, 0.1) is 23.6 Å². The Morgan fingerprint density at radius 1 is 1.23 bits per heavy atom. The number of hydrogen-bond acceptors (Lipinski definition) is 7. The summed E-state index contributed by atoms with van der Waals surface area (Å²) in [4.78, 5) is 24.9. The summed E-state index contributed by atoms with van der Waals surface area (Å²) in [6, 6.07) is 5.56. The highest BCUT2D eigenvalue weighted by Gasteiger charge is 2.45. The molecule has 3 N–H and O–H groups in total. The third-order valence-electron chi connectivity index (χ3n) is 5.37. The molecule has 154 valence electrons. The first-order chi connectivity index (χ1) is 14.4. The number of aliphatic hydroxyl groups is 2. The molecule has 9 heteroatoms. The first-order valence-corrected chi connectivity index (χ1v) is 9.46. The number of rotatable bonds is 3. The Morgan fingerprint density at radius 2 is 2.00 bits per heavy atom. The zero-order chi connectivity index (χ0) is 21.4. The van der Waals surface area contributed by atoms with Gasteiger partial charge in [0.15, 0.2) is 17.0 Å². The number of carbonyl (C=O) groups is 1. The summed E-state index contributed by atoms with van der Waals surface area (Å²) in [7, 11) is 1.68. The fourth-order valence-corrected chi connectivity index (χ4v) is 3.76. The number of ketones is 1. The molecule has 1 saturated carbocycles. The van der Waals surface area contributed by atoms with Crippen LogP contribution in [0.4, 0.5) is 10.2 Å². The number of imidazole rings is 1. The van der Waals surface area contributed by atoms with Gasteiger partial charge in [-0.05, 0) is 31.4 Å². The monoisotopic (exact) mass is 409 g/mol. The van der Waals surface area contributed by atoms with Gasteiger partial charge in [0.25, 0.3) is 0 Å². The molecule has 0 bridgehead atoms. The number of carbonyl (C=O) groups excluding carboxylic acids is 1. The summed E-state index contributed by atoms with van der Waals surface area (Å²) in [6.07, 6.45) is -0.538. The van der Waals surface area contributed by atoms with Crippen molar-refractivity contribution in [3.05, 3.63) is 47.8 Å². The van der Waals surface area contributed by atoms with Gasteiger partial charge in [-0.1, -0.05) is 18.1 Å². The zero-order valence-corrected chi connectivity index (χ0v) is 16.4. The van der Waals surface area contributed by atoms with Crippen LogP contribution in [0.25, 0.3) is 11.2 Å². The van der Waals surface area contributed by atoms with E-state index in [9.17, 15) is 19.4 Å². The smallest absolute Gasteiger partial charge is 0.209 e. The lowest BCUT2D eigenvalue weighted by atomic mass is 10.0. The molecule has 1 unspecified atom stereocenters. The van der Waals surface area contributed by atoms with E-state index in [2.05, 4.69) is 32.1 Å². The summed E-state index contributed by atoms with van der Waals surface area (Å²) in [5.41, 5.74) is 1.08. The van der Waals surface area contributed by atoms with Crippen LogP contribution in [0.3, 0.4) is 0 Å². The van der Waals surface area contributed by atoms with Crippen LogP contribution in [-0.4, -0.2) is 54.8 Å². The molecule has 4 rings (SSSR count). The number of hydrogen-bond donors (Lipinski definition) is 3. The summed E-state index contributed by atoms with van der Waals surface area (Å²) < 4.78 is 15.5. The van der Waals surface area contributed by atoms with E-state index in [1.54, 1.807) is 29.8 Å². The molecular formula is C21H20FN5O3. The first kappa shape index (κ1) is 19.9. The molecule has 0 aliphatic heterocycles. The molecule has 8 nitrogen and oxygen atoms in total. The lowest BCUT2D eigenvalue weighted by Crippen LogP contribution is -2.31. The van der Waals surface area contributed by atoms with Crippen molar-refractivity contribution in [1.82, 2.24) is 19.5 Å². The highest BCUT2D eigenvalue weighted by Crippen LogP contribution is 2.37. The lowest BCUT2D eigenvalue weighted by molar-refractivity contribution is -0.124. The predicted octanol–water partition coefficient (Wildman–Crippen LogP) is 1.28. The van der Waals surface area contributed by atoms with Gasteiger partial charge in [-0.25, -0.2) is 19.3 Å². The summed E-state index contributed by atoms with van der Waals surface area (Å²) in [5, 5.41) is 23.7. The second-order valence-corrected chi connectivity index (χ2v) is 7.20. The Labute approximate surface area is 171 Å². The van der Waals surface area contributed by atoms with E-state index >= 15 is 0 Å². The van der Waals surface area contributed by atoms with Crippen LogP contribution in [0.15, 0.2) is 30.6 Å². The molecule has 0 spiro atoms. The van der Waals surface area contributed by atoms with E-state index in [4.69, 9.17) is 0 Å². The van der Waals surface area contributed by atoms with Crippen LogP contribution < -0.4 is 5.32 Å². The van der Waals surface area contributed by atoms with Gasteiger partial charge < -0.3 is 20.1 Å². The standard InChI is InChI=1S/C21H20FN5O3/c1-11(28)13-9-15(19(30)18(13)29)27-10-24-17-20(23-2)25-16(26-21(17)27)8-7-12-5-3-4-6-14(12)22/h3-6,10,13,15,18-19,29-30H,9H2,1-2H3,(H,23,25,26)/t13-,15-,18?,19+/m1/s1. The van der Waals surface area contributed by atoms with Gasteiger partial charge in [0.1, 0.15) is 17.7 Å². The summed E-state index contributed by atoms with van der Waals surface area (Å²) in [5.74, 6) is 4.77. The number of nitrogens with one attached hydrogen (secondary N) is 1. The van der Waals surface area contributed by atoms with E-state index in [1.807, 2.05) is 0 Å². The van der Waals surface area contributed by atoms with Crippen LogP contribution >= 0.6 is 0 Å². The Kier molecular flexibility index (Phi) is 5.20. The molecule has 1 fully saturated rings. The van der Waals surface area contributed by atoms with Crippen LogP contribution in [0.1, 0.15) is 30.8 Å². The molecule has 0 radical (unpaired) electrons. The highest BCUT2D eigenvalue weighted by atomic mass is 19.1. The number of aromatic nitrogens is 4. The van der Waals surface area contributed by atoms with E-state index in [0.717, 1.165) is 0 Å². The van der Waals surface area contributed by atoms with Gasteiger partial charge in [0.05, 0.1) is 24.0 Å². The van der Waals surface area contributed by atoms with Crippen molar-refractivity contribution >= 4 is 22.8 Å². The van der Waals surface area contributed by atoms with E-state index in [1.165, 1.54) is 19.3 Å². The highest BCUT2D eigenvalue weighted by molar-refractivity contribution is 5.84. The molecule has 1 aliphatic rings. The Morgan fingerprint density at radius 3 is 2.67 bits per heavy atom. The normalized spacial score (nSPS) is 23.2. The fraction of sp³-hybridized carbons (Fsp3) is 0.333. The van der Waals surface area contributed by atoms with Gasteiger partial charge in [-0.2, -0.15) is 0 Å². The third kappa shape index (κ3) is 3.40.